The number of hydrogen-bond donors (Lipinski definition) is 0. The van der Waals surface area contributed by atoms with Crippen molar-refractivity contribution in [2.45, 2.75) is 169 Å². The van der Waals surface area contributed by atoms with Gasteiger partial charge in [-0.25, -0.2) is 0 Å². The number of hydrogen-bond acceptors (Lipinski definition) is 3. The number of rotatable bonds is 2. The molecule has 4 heteroatoms. The van der Waals surface area contributed by atoms with E-state index in [0.717, 1.165) is 18.5 Å². The van der Waals surface area contributed by atoms with Crippen LogP contribution in [0, 0.1) is 13.8 Å². The fourth-order valence-corrected chi connectivity index (χ4v) is 11.0. The molecule has 0 bridgehead atoms. The molecule has 9 rings (SSSR count). The molecule has 0 amide bonds. The summed E-state index contributed by atoms with van der Waals surface area (Å²) in [5, 5.41) is 0. The van der Waals surface area contributed by atoms with E-state index in [1.807, 2.05) is 0 Å². The van der Waals surface area contributed by atoms with Crippen LogP contribution in [0.15, 0.2) is 71.1 Å². The lowest BCUT2D eigenvalue weighted by atomic mass is 9.35. The zero-order valence-corrected chi connectivity index (χ0v) is 38.6. The first-order valence-electron chi connectivity index (χ1n) is 22.1. The lowest BCUT2D eigenvalue weighted by molar-refractivity contribution is 0.282. The van der Waals surface area contributed by atoms with Crippen LogP contribution in [0.25, 0.3) is 0 Å². The lowest BCUT2D eigenvalue weighted by Gasteiger charge is -2.47. The van der Waals surface area contributed by atoms with Gasteiger partial charge in [-0.1, -0.05) is 127 Å². The van der Waals surface area contributed by atoms with E-state index in [9.17, 15) is 0 Å². The summed E-state index contributed by atoms with van der Waals surface area (Å²) < 4.78 is 7.64. The molecule has 2 aliphatic heterocycles. The highest BCUT2D eigenvalue weighted by Gasteiger charge is 2.53. The molecular formula is C54H67BN2O. The summed E-state index contributed by atoms with van der Waals surface area (Å²) in [6.07, 6.45) is 4.58. The number of fused-ring (bicyclic) bond motifs is 7. The van der Waals surface area contributed by atoms with Crippen LogP contribution in [-0.4, -0.2) is 6.71 Å². The zero-order valence-electron chi connectivity index (χ0n) is 38.6. The van der Waals surface area contributed by atoms with E-state index in [1.165, 1.54) is 103 Å². The van der Waals surface area contributed by atoms with Crippen LogP contribution >= 0.6 is 0 Å². The quantitative estimate of drug-likeness (QED) is 0.163. The maximum Gasteiger partial charge on any atom is 0.297 e. The third-order valence-electron chi connectivity index (χ3n) is 15.0. The van der Waals surface area contributed by atoms with Gasteiger partial charge in [0, 0.05) is 39.4 Å². The van der Waals surface area contributed by atoms with Crippen LogP contribution in [-0.2, 0) is 32.5 Å². The summed E-state index contributed by atoms with van der Waals surface area (Å²) in [6, 6.07) is 26.8. The van der Waals surface area contributed by atoms with E-state index in [1.54, 1.807) is 0 Å². The Bertz CT molecular complexity index is 2510. The Morgan fingerprint density at radius 3 is 1.67 bits per heavy atom. The van der Waals surface area contributed by atoms with E-state index in [2.05, 4.69) is 187 Å². The molecule has 0 fully saturated rings. The summed E-state index contributed by atoms with van der Waals surface area (Å²) in [5.74, 6) is 1.17. The molecule has 0 radical (unpaired) electrons. The number of anilines is 6. The Morgan fingerprint density at radius 2 is 1.09 bits per heavy atom. The van der Waals surface area contributed by atoms with Gasteiger partial charge >= 0.3 is 0 Å². The maximum absolute atomic E-state index is 7.64. The Kier molecular flexibility index (Phi) is 8.27. The van der Waals surface area contributed by atoms with Crippen LogP contribution < -0.4 is 26.4 Å². The SMILES string of the molecule is Cc1cc2c3c(c1)N(c1ccc(C(C)(C)C)cc1)c1c(oc4c1C(C)(C)CCC4(C)C)B3c1cc3c(cc1N2c1ccc(C(C)(C)C)cc1C)C(C)(C)CCC3(C)C. The van der Waals surface area contributed by atoms with Crippen molar-refractivity contribution >= 4 is 57.4 Å². The zero-order chi connectivity index (χ0) is 41.9. The summed E-state index contributed by atoms with van der Waals surface area (Å²) in [5.41, 5.74) is 21.2. The summed E-state index contributed by atoms with van der Waals surface area (Å²) in [6.45, 7) is 38.0. The average Bonchev–Trinajstić information content (AvgIpc) is 3.54. The number of furan rings is 1. The Balaban J connectivity index is 1.43. The van der Waals surface area contributed by atoms with Gasteiger partial charge in [0.1, 0.15) is 5.76 Å². The monoisotopic (exact) mass is 771 g/mol. The molecule has 3 nitrogen and oxygen atoms in total. The van der Waals surface area contributed by atoms with Gasteiger partial charge in [0.2, 0.25) is 0 Å². The fraction of sp³-hybridized carbons (Fsp3) is 0.481. The van der Waals surface area contributed by atoms with Gasteiger partial charge in [-0.05, 0) is 147 Å². The van der Waals surface area contributed by atoms with E-state index in [-0.39, 0.29) is 39.2 Å². The summed E-state index contributed by atoms with van der Waals surface area (Å²) >= 11 is 0. The van der Waals surface area contributed by atoms with E-state index < -0.39 is 0 Å². The summed E-state index contributed by atoms with van der Waals surface area (Å²) in [7, 11) is 0. The topological polar surface area (TPSA) is 19.6 Å². The van der Waals surface area contributed by atoms with Crippen LogP contribution in [0.5, 0.6) is 0 Å². The second-order valence-corrected chi connectivity index (χ2v) is 23.4. The van der Waals surface area contributed by atoms with E-state index in [4.69, 9.17) is 4.42 Å². The molecule has 302 valence electrons. The average molecular weight is 771 g/mol. The molecule has 3 heterocycles. The molecule has 4 aromatic carbocycles. The molecular weight excluding hydrogens is 703 g/mol. The predicted octanol–water partition coefficient (Wildman–Crippen LogP) is 13.3. The molecule has 2 aliphatic carbocycles. The third kappa shape index (κ3) is 5.73. The first-order chi connectivity index (χ1) is 26.8. The molecule has 1 aromatic heterocycles. The van der Waals surface area contributed by atoms with Crippen molar-refractivity contribution in [3.63, 3.8) is 0 Å². The highest BCUT2D eigenvalue weighted by Crippen LogP contribution is 2.56. The second-order valence-electron chi connectivity index (χ2n) is 23.4. The Labute approximate surface area is 350 Å². The number of benzene rings is 4. The predicted molar refractivity (Wildman–Crippen MR) is 250 cm³/mol. The van der Waals surface area contributed by atoms with Crippen molar-refractivity contribution in [1.82, 2.24) is 0 Å². The van der Waals surface area contributed by atoms with Gasteiger partial charge in [-0.3, -0.25) is 0 Å². The van der Waals surface area contributed by atoms with Gasteiger partial charge in [-0.2, -0.15) is 0 Å². The number of nitrogens with zero attached hydrogens (tertiary/aromatic N) is 2. The van der Waals surface area contributed by atoms with Crippen LogP contribution in [0.1, 0.15) is 167 Å². The Hall–Kier alpha value is -4.18. The molecule has 0 saturated carbocycles. The Morgan fingerprint density at radius 1 is 0.552 bits per heavy atom. The van der Waals surface area contributed by atoms with Crippen molar-refractivity contribution in [2.75, 3.05) is 9.80 Å². The smallest absolute Gasteiger partial charge is 0.297 e. The third-order valence-corrected chi connectivity index (χ3v) is 15.0. The maximum atomic E-state index is 7.64. The van der Waals surface area contributed by atoms with Gasteiger partial charge in [0.05, 0.1) is 11.3 Å². The van der Waals surface area contributed by atoms with Crippen LogP contribution in [0.4, 0.5) is 34.1 Å². The highest BCUT2D eigenvalue weighted by atomic mass is 16.3. The van der Waals surface area contributed by atoms with E-state index in [0.29, 0.717) is 0 Å². The van der Waals surface area contributed by atoms with Crippen molar-refractivity contribution in [1.29, 1.82) is 0 Å². The minimum absolute atomic E-state index is 0.0468. The van der Waals surface area contributed by atoms with Gasteiger partial charge < -0.3 is 14.2 Å². The van der Waals surface area contributed by atoms with Crippen molar-refractivity contribution in [3.05, 3.63) is 111 Å². The molecule has 0 atom stereocenters. The van der Waals surface area contributed by atoms with Crippen molar-refractivity contribution in [2.24, 2.45) is 0 Å². The standard InChI is InChI=1S/C54H67BN2O/c1-32-27-42-45-43(28-32)57(40-22-19-35(29-33(40)2)50(6,7)8)41-31-38-37(51(9,10)23-24-52(38,11)12)30-39(41)55(45)48-46(44-47(58-48)54(15,16)26-25-53(44,13)14)56(42)36-20-17-34(18-21-36)49(3,4)5/h17-22,27-31H,23-26H2,1-16H3. The van der Waals surface area contributed by atoms with Crippen LogP contribution in [0.3, 0.4) is 0 Å². The van der Waals surface area contributed by atoms with Crippen molar-refractivity contribution in [3.8, 4) is 0 Å². The van der Waals surface area contributed by atoms with Gasteiger partial charge in [-0.15, -0.1) is 0 Å². The largest absolute Gasteiger partial charge is 0.472 e. The van der Waals surface area contributed by atoms with E-state index >= 15 is 0 Å². The van der Waals surface area contributed by atoms with Gasteiger partial charge in [0.25, 0.3) is 6.71 Å². The first-order valence-corrected chi connectivity index (χ1v) is 22.1. The molecule has 0 spiro atoms. The first kappa shape index (κ1) is 39.3. The molecule has 4 aliphatic rings. The minimum Gasteiger partial charge on any atom is -0.472 e. The molecule has 0 N–H and O–H groups in total. The molecule has 58 heavy (non-hydrogen) atoms. The van der Waals surface area contributed by atoms with Crippen LogP contribution in [0.2, 0.25) is 0 Å². The second kappa shape index (κ2) is 12.2. The van der Waals surface area contributed by atoms with Gasteiger partial charge in [0.15, 0.2) is 0 Å². The minimum atomic E-state index is -0.0772. The fourth-order valence-electron chi connectivity index (χ4n) is 11.0. The molecule has 0 unspecified atom stereocenters. The normalized spacial score (nSPS) is 19.6. The number of aryl methyl sites for hydroxylation is 2. The summed E-state index contributed by atoms with van der Waals surface area (Å²) in [4.78, 5) is 5.25. The molecule has 5 aromatic rings. The molecule has 0 saturated heterocycles. The lowest BCUT2D eigenvalue weighted by Crippen LogP contribution is -2.61. The van der Waals surface area contributed by atoms with Crippen molar-refractivity contribution < 1.29 is 4.42 Å². The highest BCUT2D eigenvalue weighted by molar-refractivity contribution is 6.99.